The molecule has 6 heteroatoms. The van der Waals surface area contributed by atoms with Crippen molar-refractivity contribution in [2.75, 3.05) is 0 Å². The van der Waals surface area contributed by atoms with E-state index in [2.05, 4.69) is 9.59 Å². The molecule has 2 rings (SSSR count). The first kappa shape index (κ1) is 10.7. The number of nitrogens with zero attached hydrogens (tertiary/aromatic N) is 2. The number of aromatic nitrogens is 2. The van der Waals surface area contributed by atoms with Crippen molar-refractivity contribution in [1.29, 1.82) is 0 Å². The minimum Gasteiger partial charge on any atom is -0.248 e. The van der Waals surface area contributed by atoms with E-state index in [0.717, 1.165) is 11.5 Å². The minimum atomic E-state index is -1.20. The molecule has 2 aromatic rings. The van der Waals surface area contributed by atoms with E-state index in [-0.39, 0.29) is 0 Å². The van der Waals surface area contributed by atoms with Crippen LogP contribution < -0.4 is 0 Å². The van der Waals surface area contributed by atoms with Gasteiger partial charge in [0.05, 0.1) is 16.5 Å². The molecule has 0 unspecified atom stereocenters. The quantitative estimate of drug-likeness (QED) is 0.832. The molecule has 0 saturated carbocycles. The van der Waals surface area contributed by atoms with Gasteiger partial charge >= 0.3 is 0 Å². The van der Waals surface area contributed by atoms with Crippen LogP contribution in [-0.2, 0) is 10.8 Å². The summed E-state index contributed by atoms with van der Waals surface area (Å²) in [4.78, 5) is 0.716. The molecule has 1 aromatic carbocycles. The average Bonchev–Trinajstić information content (AvgIpc) is 2.65. The van der Waals surface area contributed by atoms with Gasteiger partial charge in [-0.1, -0.05) is 16.1 Å². The molecule has 0 aliphatic carbocycles. The summed E-state index contributed by atoms with van der Waals surface area (Å²) in [6.45, 7) is 1.80. The standard InChI is InChI=1S/C9H7ClN2OS2/c1-6-9(14-12-11-6)15(13)8-4-2-7(10)3-5-8/h2-5H,1H3/t15-/m0/s1. The van der Waals surface area contributed by atoms with E-state index in [9.17, 15) is 4.21 Å². The van der Waals surface area contributed by atoms with Crippen LogP contribution in [0.4, 0.5) is 0 Å². The molecule has 0 radical (unpaired) electrons. The second kappa shape index (κ2) is 4.38. The fraction of sp³-hybridized carbons (Fsp3) is 0.111. The molecule has 0 bridgehead atoms. The highest BCUT2D eigenvalue weighted by atomic mass is 35.5. The lowest BCUT2D eigenvalue weighted by molar-refractivity contribution is 0.684. The number of hydrogen-bond donors (Lipinski definition) is 0. The van der Waals surface area contributed by atoms with Gasteiger partial charge in [0.1, 0.15) is 4.21 Å². The zero-order valence-electron chi connectivity index (χ0n) is 7.81. The highest BCUT2D eigenvalue weighted by molar-refractivity contribution is 7.87. The van der Waals surface area contributed by atoms with Gasteiger partial charge in [-0.15, -0.1) is 5.10 Å². The van der Waals surface area contributed by atoms with Crippen LogP contribution in [0.25, 0.3) is 0 Å². The fourth-order valence-electron chi connectivity index (χ4n) is 1.06. The largest absolute Gasteiger partial charge is 0.248 e. The van der Waals surface area contributed by atoms with E-state index in [0.29, 0.717) is 19.8 Å². The summed E-state index contributed by atoms with van der Waals surface area (Å²) in [7, 11) is -1.20. The molecule has 0 N–H and O–H groups in total. The summed E-state index contributed by atoms with van der Waals surface area (Å²) in [6.07, 6.45) is 0. The van der Waals surface area contributed by atoms with Crippen molar-refractivity contribution in [3.8, 4) is 0 Å². The van der Waals surface area contributed by atoms with Gasteiger partial charge in [-0.3, -0.25) is 0 Å². The molecular formula is C9H7ClN2OS2. The molecule has 1 atom stereocenters. The lowest BCUT2D eigenvalue weighted by Crippen LogP contribution is -1.91. The topological polar surface area (TPSA) is 42.9 Å². The Labute approximate surface area is 98.7 Å². The van der Waals surface area contributed by atoms with Crippen LogP contribution in [-0.4, -0.2) is 13.8 Å². The Balaban J connectivity index is 2.37. The van der Waals surface area contributed by atoms with E-state index in [1.807, 2.05) is 0 Å². The molecule has 1 heterocycles. The smallest absolute Gasteiger partial charge is 0.140 e. The van der Waals surface area contributed by atoms with E-state index in [1.54, 1.807) is 31.2 Å². The molecule has 0 saturated heterocycles. The third kappa shape index (κ3) is 2.25. The Morgan fingerprint density at radius 3 is 2.53 bits per heavy atom. The highest BCUT2D eigenvalue weighted by Gasteiger charge is 2.13. The molecule has 0 fully saturated rings. The van der Waals surface area contributed by atoms with E-state index in [1.165, 1.54) is 0 Å². The van der Waals surface area contributed by atoms with Crippen molar-refractivity contribution in [1.82, 2.24) is 9.59 Å². The van der Waals surface area contributed by atoms with Crippen LogP contribution in [0.15, 0.2) is 33.4 Å². The van der Waals surface area contributed by atoms with Gasteiger partial charge in [-0.05, 0) is 42.7 Å². The van der Waals surface area contributed by atoms with Crippen molar-refractivity contribution < 1.29 is 4.21 Å². The van der Waals surface area contributed by atoms with Gasteiger partial charge < -0.3 is 0 Å². The Morgan fingerprint density at radius 2 is 2.00 bits per heavy atom. The van der Waals surface area contributed by atoms with E-state index >= 15 is 0 Å². The summed E-state index contributed by atoms with van der Waals surface area (Å²) >= 11 is 6.91. The predicted octanol–water partition coefficient (Wildman–Crippen LogP) is 2.67. The summed E-state index contributed by atoms with van der Waals surface area (Å²) in [6, 6.07) is 6.94. The number of benzene rings is 1. The Kier molecular flexibility index (Phi) is 3.14. The number of aryl methyl sites for hydroxylation is 1. The lowest BCUT2D eigenvalue weighted by Gasteiger charge is -1.99. The lowest BCUT2D eigenvalue weighted by atomic mass is 10.4. The van der Waals surface area contributed by atoms with Crippen LogP contribution in [0.1, 0.15) is 5.69 Å². The van der Waals surface area contributed by atoms with Crippen molar-refractivity contribution in [3.05, 3.63) is 35.0 Å². The maximum Gasteiger partial charge on any atom is 0.140 e. The molecular weight excluding hydrogens is 252 g/mol. The number of halogens is 1. The molecule has 15 heavy (non-hydrogen) atoms. The van der Waals surface area contributed by atoms with Crippen LogP contribution in [0.3, 0.4) is 0 Å². The van der Waals surface area contributed by atoms with Crippen LogP contribution in [0, 0.1) is 6.92 Å². The molecule has 0 spiro atoms. The van der Waals surface area contributed by atoms with Crippen LogP contribution in [0.2, 0.25) is 5.02 Å². The summed E-state index contributed by atoms with van der Waals surface area (Å²) < 4.78 is 16.5. The Hall–Kier alpha value is -0.780. The zero-order chi connectivity index (χ0) is 10.8. The van der Waals surface area contributed by atoms with Crippen LogP contribution >= 0.6 is 23.1 Å². The first-order chi connectivity index (χ1) is 7.18. The fourth-order valence-corrected chi connectivity index (χ4v) is 3.16. The molecule has 0 amide bonds. The minimum absolute atomic E-state index is 0.634. The summed E-state index contributed by atoms with van der Waals surface area (Å²) in [5.41, 5.74) is 0.716. The molecule has 0 aliphatic heterocycles. The maximum absolute atomic E-state index is 12.0. The number of hydrogen-bond acceptors (Lipinski definition) is 4. The second-order valence-electron chi connectivity index (χ2n) is 2.87. The van der Waals surface area contributed by atoms with Gasteiger partial charge in [0.15, 0.2) is 0 Å². The maximum atomic E-state index is 12.0. The van der Waals surface area contributed by atoms with Gasteiger partial charge in [-0.25, -0.2) is 4.21 Å². The van der Waals surface area contributed by atoms with Crippen molar-refractivity contribution in [2.45, 2.75) is 16.0 Å². The predicted molar refractivity (Wildman–Crippen MR) is 60.8 cm³/mol. The van der Waals surface area contributed by atoms with Gasteiger partial charge in [0, 0.05) is 9.92 Å². The molecule has 0 aliphatic rings. The third-order valence-electron chi connectivity index (χ3n) is 1.81. The summed E-state index contributed by atoms with van der Waals surface area (Å²) in [5, 5.41) is 4.46. The zero-order valence-corrected chi connectivity index (χ0v) is 10.2. The first-order valence-electron chi connectivity index (χ1n) is 4.15. The van der Waals surface area contributed by atoms with Crippen molar-refractivity contribution in [2.24, 2.45) is 0 Å². The van der Waals surface area contributed by atoms with Gasteiger partial charge in [0.25, 0.3) is 0 Å². The van der Waals surface area contributed by atoms with Gasteiger partial charge in [0.2, 0.25) is 0 Å². The monoisotopic (exact) mass is 258 g/mol. The SMILES string of the molecule is Cc1nnsc1[S@@](=O)c1ccc(Cl)cc1. The highest BCUT2D eigenvalue weighted by Crippen LogP contribution is 2.22. The summed E-state index contributed by atoms with van der Waals surface area (Å²) in [5.74, 6) is 0. The average molecular weight is 259 g/mol. The number of rotatable bonds is 2. The first-order valence-corrected chi connectivity index (χ1v) is 6.45. The molecule has 78 valence electrons. The van der Waals surface area contributed by atoms with E-state index < -0.39 is 10.8 Å². The van der Waals surface area contributed by atoms with Crippen molar-refractivity contribution in [3.63, 3.8) is 0 Å². The Morgan fingerprint density at radius 1 is 1.33 bits per heavy atom. The molecule has 1 aromatic heterocycles. The van der Waals surface area contributed by atoms with Crippen LogP contribution in [0.5, 0.6) is 0 Å². The normalized spacial score (nSPS) is 12.7. The second-order valence-corrected chi connectivity index (χ2v) is 5.73. The van der Waals surface area contributed by atoms with Gasteiger partial charge in [-0.2, -0.15) is 0 Å². The third-order valence-corrected chi connectivity index (χ3v) is 4.69. The molecule has 3 nitrogen and oxygen atoms in total. The Bertz CT molecular complexity index is 495. The van der Waals surface area contributed by atoms with Crippen molar-refractivity contribution >= 4 is 33.9 Å². The van der Waals surface area contributed by atoms with E-state index in [4.69, 9.17) is 11.6 Å².